The van der Waals surface area contributed by atoms with Crippen LogP contribution in [0.25, 0.3) is 0 Å². The van der Waals surface area contributed by atoms with Crippen molar-refractivity contribution in [1.82, 2.24) is 14.9 Å². The van der Waals surface area contributed by atoms with Crippen LogP contribution in [0.3, 0.4) is 0 Å². The van der Waals surface area contributed by atoms with Crippen LogP contribution >= 0.6 is 15.9 Å². The van der Waals surface area contributed by atoms with Crippen molar-refractivity contribution in [2.75, 3.05) is 13.2 Å². The monoisotopic (exact) mass is 352 g/mol. The van der Waals surface area contributed by atoms with Crippen molar-refractivity contribution in [1.29, 1.82) is 0 Å². The highest BCUT2D eigenvalue weighted by atomic mass is 79.9. The maximum Gasteiger partial charge on any atom is 0.175 e. The number of halogens is 1. The van der Waals surface area contributed by atoms with Crippen molar-refractivity contribution in [2.45, 2.75) is 20.3 Å². The van der Waals surface area contributed by atoms with Gasteiger partial charge in [-0.3, -0.25) is 0 Å². The first-order valence-corrected chi connectivity index (χ1v) is 7.52. The van der Waals surface area contributed by atoms with Gasteiger partial charge in [-0.05, 0) is 47.0 Å². The maximum atomic E-state index is 5.73. The van der Waals surface area contributed by atoms with E-state index in [1.165, 1.54) is 17.3 Å². The Bertz CT molecular complexity index is 599. The summed E-state index contributed by atoms with van der Waals surface area (Å²) in [4.78, 5) is 0. The molecule has 0 unspecified atom stereocenters. The molecule has 2 rings (SSSR count). The number of hydrogen-bond donors (Lipinski definition) is 0. The topological polar surface area (TPSA) is 61.5 Å². The van der Waals surface area contributed by atoms with E-state index in [9.17, 15) is 0 Å². The third-order valence-electron chi connectivity index (χ3n) is 2.53. The molecule has 0 radical (unpaired) electrons. The number of hydrogen-bond acceptors (Lipinski definition) is 5. The zero-order valence-corrected chi connectivity index (χ0v) is 13.6. The molecular formula is C14H17BrN4O2. The van der Waals surface area contributed by atoms with Crippen LogP contribution in [0.4, 0.5) is 0 Å². The summed E-state index contributed by atoms with van der Waals surface area (Å²) < 4.78 is 13.7. The average molecular weight is 353 g/mol. The lowest BCUT2D eigenvalue weighted by atomic mass is 10.2. The number of ether oxygens (including phenoxy) is 2. The molecule has 0 saturated carbocycles. The van der Waals surface area contributed by atoms with E-state index in [0.717, 1.165) is 22.2 Å². The first-order chi connectivity index (χ1) is 10.2. The second kappa shape index (κ2) is 7.78. The van der Waals surface area contributed by atoms with E-state index >= 15 is 0 Å². The summed E-state index contributed by atoms with van der Waals surface area (Å²) in [6.07, 6.45) is 5.69. The molecule has 0 N–H and O–H groups in total. The molecule has 112 valence electrons. The highest BCUT2D eigenvalue weighted by Gasteiger charge is 2.11. The van der Waals surface area contributed by atoms with Crippen LogP contribution < -0.4 is 9.47 Å². The summed E-state index contributed by atoms with van der Waals surface area (Å²) >= 11 is 3.52. The van der Waals surface area contributed by atoms with Gasteiger partial charge in [0.15, 0.2) is 11.5 Å². The largest absolute Gasteiger partial charge is 0.490 e. The van der Waals surface area contributed by atoms with Crippen molar-refractivity contribution >= 4 is 22.1 Å². The third kappa shape index (κ3) is 4.29. The van der Waals surface area contributed by atoms with Crippen molar-refractivity contribution in [2.24, 2.45) is 5.10 Å². The predicted molar refractivity (Wildman–Crippen MR) is 84.1 cm³/mol. The molecule has 21 heavy (non-hydrogen) atoms. The van der Waals surface area contributed by atoms with Crippen LogP contribution in [0.5, 0.6) is 11.5 Å². The fourth-order valence-corrected chi connectivity index (χ4v) is 2.23. The van der Waals surface area contributed by atoms with Gasteiger partial charge >= 0.3 is 0 Å². The zero-order valence-electron chi connectivity index (χ0n) is 12.0. The Morgan fingerprint density at radius 2 is 2.00 bits per heavy atom. The first-order valence-electron chi connectivity index (χ1n) is 6.72. The lowest BCUT2D eigenvalue weighted by Gasteiger charge is -2.14. The molecule has 0 aliphatic rings. The van der Waals surface area contributed by atoms with Crippen LogP contribution in [0.15, 0.2) is 34.4 Å². The lowest BCUT2D eigenvalue weighted by Crippen LogP contribution is -2.02. The van der Waals surface area contributed by atoms with Gasteiger partial charge in [-0.25, -0.2) is 4.68 Å². The number of nitrogens with zero attached hydrogens (tertiary/aromatic N) is 4. The molecule has 2 aromatic rings. The molecule has 0 fully saturated rings. The number of aromatic nitrogens is 3. The Hall–Kier alpha value is -1.89. The van der Waals surface area contributed by atoms with E-state index < -0.39 is 0 Å². The van der Waals surface area contributed by atoms with Crippen molar-refractivity contribution in [3.63, 3.8) is 0 Å². The molecule has 0 saturated heterocycles. The second-order valence-corrected chi connectivity index (χ2v) is 5.05. The van der Waals surface area contributed by atoms with Crippen molar-refractivity contribution < 1.29 is 9.47 Å². The standard InChI is InChI=1S/C14H17BrN4O2/c1-3-5-21-14-12(15)6-11(7-13(14)20-4-2)8-18-19-9-16-17-10-19/h6-10H,3-5H2,1-2H3/b18-8-. The van der Waals surface area contributed by atoms with Crippen molar-refractivity contribution in [3.05, 3.63) is 34.8 Å². The van der Waals surface area contributed by atoms with E-state index in [2.05, 4.69) is 38.2 Å². The molecule has 0 aliphatic carbocycles. The van der Waals surface area contributed by atoms with E-state index in [1.807, 2.05) is 19.1 Å². The SMILES string of the molecule is CCCOc1c(Br)cc(/C=N\n2cnnc2)cc1OCC. The molecule has 1 heterocycles. The Morgan fingerprint density at radius 1 is 1.24 bits per heavy atom. The van der Waals surface area contributed by atoms with Gasteiger partial charge in [0.25, 0.3) is 0 Å². The number of rotatable bonds is 7. The Labute approximate surface area is 131 Å². The highest BCUT2D eigenvalue weighted by Crippen LogP contribution is 2.36. The second-order valence-electron chi connectivity index (χ2n) is 4.20. The van der Waals surface area contributed by atoms with Gasteiger partial charge in [0.1, 0.15) is 12.7 Å². The first kappa shape index (κ1) is 15.5. The van der Waals surface area contributed by atoms with Gasteiger partial charge < -0.3 is 9.47 Å². The molecule has 0 bridgehead atoms. The average Bonchev–Trinajstić information content (AvgIpc) is 2.98. The number of benzene rings is 1. The molecule has 0 amide bonds. The van der Waals surface area contributed by atoms with E-state index in [0.29, 0.717) is 19.0 Å². The van der Waals surface area contributed by atoms with Gasteiger partial charge in [0, 0.05) is 0 Å². The molecule has 0 aliphatic heterocycles. The normalized spacial score (nSPS) is 11.0. The molecule has 1 aromatic carbocycles. The fourth-order valence-electron chi connectivity index (χ4n) is 1.66. The smallest absolute Gasteiger partial charge is 0.175 e. The Morgan fingerprint density at radius 3 is 2.67 bits per heavy atom. The third-order valence-corrected chi connectivity index (χ3v) is 3.12. The zero-order chi connectivity index (χ0) is 15.1. The molecule has 1 aromatic heterocycles. The van der Waals surface area contributed by atoms with Crippen LogP contribution in [0.1, 0.15) is 25.8 Å². The quantitative estimate of drug-likeness (QED) is 0.718. The Balaban J connectivity index is 2.27. The van der Waals surface area contributed by atoms with E-state index in [-0.39, 0.29) is 0 Å². The van der Waals surface area contributed by atoms with Crippen LogP contribution in [-0.4, -0.2) is 34.3 Å². The van der Waals surface area contributed by atoms with Gasteiger partial charge in [-0.15, -0.1) is 10.2 Å². The molecule has 7 heteroatoms. The summed E-state index contributed by atoms with van der Waals surface area (Å²) in [5, 5.41) is 11.6. The minimum absolute atomic E-state index is 0.570. The van der Waals surface area contributed by atoms with E-state index in [1.54, 1.807) is 6.21 Å². The van der Waals surface area contributed by atoms with Crippen LogP contribution in [-0.2, 0) is 0 Å². The van der Waals surface area contributed by atoms with Gasteiger partial charge in [0.05, 0.1) is 23.9 Å². The summed E-state index contributed by atoms with van der Waals surface area (Å²) in [5.74, 6) is 1.42. The van der Waals surface area contributed by atoms with Crippen LogP contribution in [0.2, 0.25) is 0 Å². The minimum atomic E-state index is 0.570. The van der Waals surface area contributed by atoms with Crippen molar-refractivity contribution in [3.8, 4) is 11.5 Å². The highest BCUT2D eigenvalue weighted by molar-refractivity contribution is 9.10. The summed E-state index contributed by atoms with van der Waals surface area (Å²) in [7, 11) is 0. The summed E-state index contributed by atoms with van der Waals surface area (Å²) in [6.45, 7) is 5.22. The van der Waals surface area contributed by atoms with Gasteiger partial charge in [0.2, 0.25) is 0 Å². The van der Waals surface area contributed by atoms with Gasteiger partial charge in [-0.1, -0.05) is 6.92 Å². The Kier molecular flexibility index (Phi) is 5.74. The van der Waals surface area contributed by atoms with Gasteiger partial charge in [-0.2, -0.15) is 5.10 Å². The lowest BCUT2D eigenvalue weighted by molar-refractivity contribution is 0.275. The predicted octanol–water partition coefficient (Wildman–Crippen LogP) is 3.11. The molecular weight excluding hydrogens is 336 g/mol. The molecule has 0 spiro atoms. The molecule has 6 nitrogen and oxygen atoms in total. The maximum absolute atomic E-state index is 5.73. The molecule has 0 atom stereocenters. The van der Waals surface area contributed by atoms with E-state index in [4.69, 9.17) is 9.47 Å². The van der Waals surface area contributed by atoms with Crippen LogP contribution in [0, 0.1) is 0 Å². The minimum Gasteiger partial charge on any atom is -0.490 e. The summed E-state index contributed by atoms with van der Waals surface area (Å²) in [6, 6.07) is 3.83. The summed E-state index contributed by atoms with van der Waals surface area (Å²) in [5.41, 5.74) is 0.892. The fraction of sp³-hybridized carbons (Fsp3) is 0.357.